The molecule has 0 spiro atoms. The lowest BCUT2D eigenvalue weighted by atomic mass is 10.1. The Balaban J connectivity index is 2.34. The van der Waals surface area contributed by atoms with Crippen LogP contribution in [-0.2, 0) is 10.0 Å². The molecule has 0 amide bonds. The topological polar surface area (TPSA) is 46.2 Å². The minimum atomic E-state index is -4.20. The molecule has 0 radical (unpaired) electrons. The van der Waals surface area contributed by atoms with E-state index in [-0.39, 0.29) is 0 Å². The normalized spacial score (nSPS) is 13.1. The quantitative estimate of drug-likeness (QED) is 0.929. The van der Waals surface area contributed by atoms with Crippen LogP contribution in [0.4, 0.5) is 8.78 Å². The van der Waals surface area contributed by atoms with Crippen LogP contribution in [0.5, 0.6) is 0 Å². The second-order valence-electron chi connectivity index (χ2n) is 4.44. The summed E-state index contributed by atoms with van der Waals surface area (Å²) in [5.41, 5.74) is 0.541. The Kier molecular flexibility index (Phi) is 4.61. The van der Waals surface area contributed by atoms with Crippen molar-refractivity contribution in [2.45, 2.75) is 17.9 Å². The lowest BCUT2D eigenvalue weighted by Crippen LogP contribution is -2.28. The fraction of sp³-hybridized carbons (Fsp3) is 0.143. The first-order valence-electron chi connectivity index (χ1n) is 6.03. The average molecular weight is 332 g/mol. The van der Waals surface area contributed by atoms with E-state index in [2.05, 4.69) is 4.72 Å². The molecule has 7 heteroatoms. The van der Waals surface area contributed by atoms with Crippen molar-refractivity contribution >= 4 is 21.6 Å². The molecule has 1 unspecified atom stereocenters. The van der Waals surface area contributed by atoms with Gasteiger partial charge in [-0.2, -0.15) is 0 Å². The largest absolute Gasteiger partial charge is 0.244 e. The standard InChI is InChI=1S/C14H12ClF2NO2S/c1-9(11-4-2-3-5-12(11)15)18-21(19,20)14-8-10(16)6-7-13(14)17/h2-9,18H,1H3. The van der Waals surface area contributed by atoms with Gasteiger partial charge in [0.1, 0.15) is 16.5 Å². The summed E-state index contributed by atoms with van der Waals surface area (Å²) in [5, 5.41) is 0.382. The van der Waals surface area contributed by atoms with E-state index < -0.39 is 32.6 Å². The van der Waals surface area contributed by atoms with Crippen molar-refractivity contribution < 1.29 is 17.2 Å². The highest BCUT2D eigenvalue weighted by atomic mass is 35.5. The lowest BCUT2D eigenvalue weighted by molar-refractivity contribution is 0.538. The molecule has 1 atom stereocenters. The summed E-state index contributed by atoms with van der Waals surface area (Å²) < 4.78 is 53.3. The maximum absolute atomic E-state index is 13.6. The van der Waals surface area contributed by atoms with Gasteiger partial charge >= 0.3 is 0 Å². The summed E-state index contributed by atoms with van der Waals surface area (Å²) in [6, 6.07) is 8.24. The molecule has 2 aromatic carbocycles. The van der Waals surface area contributed by atoms with Crippen molar-refractivity contribution in [3.8, 4) is 0 Å². The van der Waals surface area contributed by atoms with Crippen LogP contribution in [0.15, 0.2) is 47.4 Å². The summed E-state index contributed by atoms with van der Waals surface area (Å²) in [5.74, 6) is -1.85. The maximum atomic E-state index is 13.6. The molecule has 21 heavy (non-hydrogen) atoms. The molecule has 0 bridgehead atoms. The van der Waals surface area contributed by atoms with Crippen LogP contribution in [0, 0.1) is 11.6 Å². The van der Waals surface area contributed by atoms with E-state index in [4.69, 9.17) is 11.6 Å². The van der Waals surface area contributed by atoms with Crippen LogP contribution in [0.2, 0.25) is 5.02 Å². The Labute approximate surface area is 126 Å². The Hall–Kier alpha value is -1.50. The summed E-state index contributed by atoms with van der Waals surface area (Å²) >= 11 is 5.98. The third kappa shape index (κ3) is 3.58. The van der Waals surface area contributed by atoms with E-state index in [1.54, 1.807) is 31.2 Å². The highest BCUT2D eigenvalue weighted by molar-refractivity contribution is 7.89. The summed E-state index contributed by atoms with van der Waals surface area (Å²) in [6.45, 7) is 1.57. The SMILES string of the molecule is CC(NS(=O)(=O)c1cc(F)ccc1F)c1ccccc1Cl. The number of hydrogen-bond donors (Lipinski definition) is 1. The van der Waals surface area contributed by atoms with Crippen LogP contribution in [0.1, 0.15) is 18.5 Å². The van der Waals surface area contributed by atoms with Crippen LogP contribution < -0.4 is 4.72 Å². The van der Waals surface area contributed by atoms with Gasteiger partial charge in [-0.1, -0.05) is 29.8 Å². The van der Waals surface area contributed by atoms with E-state index in [1.807, 2.05) is 0 Å². The highest BCUT2D eigenvalue weighted by Gasteiger charge is 2.23. The molecule has 0 aliphatic rings. The van der Waals surface area contributed by atoms with Gasteiger partial charge in [0, 0.05) is 11.1 Å². The second kappa shape index (κ2) is 6.09. The molecule has 1 N–H and O–H groups in total. The van der Waals surface area contributed by atoms with Crippen molar-refractivity contribution in [2.75, 3.05) is 0 Å². The van der Waals surface area contributed by atoms with Gasteiger partial charge in [-0.3, -0.25) is 0 Å². The highest BCUT2D eigenvalue weighted by Crippen LogP contribution is 2.24. The van der Waals surface area contributed by atoms with Crippen LogP contribution >= 0.6 is 11.6 Å². The molecule has 2 rings (SSSR count). The van der Waals surface area contributed by atoms with Crippen LogP contribution in [0.3, 0.4) is 0 Å². The number of benzene rings is 2. The van der Waals surface area contributed by atoms with Gasteiger partial charge in [-0.05, 0) is 36.8 Å². The molecule has 0 aliphatic heterocycles. The first-order chi connectivity index (χ1) is 9.81. The van der Waals surface area contributed by atoms with Crippen molar-refractivity contribution in [1.29, 1.82) is 0 Å². The van der Waals surface area contributed by atoms with Gasteiger partial charge in [0.25, 0.3) is 0 Å². The van der Waals surface area contributed by atoms with Crippen LogP contribution in [0.25, 0.3) is 0 Å². The van der Waals surface area contributed by atoms with Gasteiger partial charge < -0.3 is 0 Å². The van der Waals surface area contributed by atoms with E-state index in [1.165, 1.54) is 0 Å². The Morgan fingerprint density at radius 3 is 2.48 bits per heavy atom. The van der Waals surface area contributed by atoms with Crippen molar-refractivity contribution in [3.05, 3.63) is 64.7 Å². The van der Waals surface area contributed by atoms with Gasteiger partial charge in [0.2, 0.25) is 10.0 Å². The summed E-state index contributed by atoms with van der Waals surface area (Å²) in [7, 11) is -4.20. The zero-order chi connectivity index (χ0) is 15.6. The van der Waals surface area contributed by atoms with E-state index in [0.29, 0.717) is 16.7 Å². The van der Waals surface area contributed by atoms with Crippen LogP contribution in [-0.4, -0.2) is 8.42 Å². The summed E-state index contributed by atoms with van der Waals surface area (Å²) in [4.78, 5) is -0.735. The maximum Gasteiger partial charge on any atom is 0.244 e. The van der Waals surface area contributed by atoms with E-state index in [9.17, 15) is 17.2 Å². The van der Waals surface area contributed by atoms with Gasteiger partial charge in [-0.15, -0.1) is 0 Å². The van der Waals surface area contributed by atoms with E-state index >= 15 is 0 Å². The molecule has 0 fully saturated rings. The van der Waals surface area contributed by atoms with Gasteiger partial charge in [0.05, 0.1) is 0 Å². The molecule has 0 aliphatic carbocycles. The lowest BCUT2D eigenvalue weighted by Gasteiger charge is -2.16. The van der Waals surface area contributed by atoms with Gasteiger partial charge in [0.15, 0.2) is 0 Å². The Bertz CT molecular complexity index is 765. The molecule has 112 valence electrons. The minimum Gasteiger partial charge on any atom is -0.207 e. The molecular formula is C14H12ClF2NO2S. The molecular weight excluding hydrogens is 320 g/mol. The number of hydrogen-bond acceptors (Lipinski definition) is 2. The number of rotatable bonds is 4. The third-order valence-corrected chi connectivity index (χ3v) is 4.79. The molecule has 0 heterocycles. The predicted molar refractivity (Wildman–Crippen MR) is 76.5 cm³/mol. The fourth-order valence-corrected chi connectivity index (χ4v) is 3.48. The molecule has 2 aromatic rings. The van der Waals surface area contributed by atoms with Crippen molar-refractivity contribution in [3.63, 3.8) is 0 Å². The van der Waals surface area contributed by atoms with E-state index in [0.717, 1.165) is 12.1 Å². The van der Waals surface area contributed by atoms with Gasteiger partial charge in [-0.25, -0.2) is 21.9 Å². The molecule has 0 aromatic heterocycles. The fourth-order valence-electron chi connectivity index (χ4n) is 1.87. The number of nitrogens with one attached hydrogen (secondary N) is 1. The first kappa shape index (κ1) is 15.9. The smallest absolute Gasteiger partial charge is 0.207 e. The summed E-state index contributed by atoms with van der Waals surface area (Å²) in [6.07, 6.45) is 0. The Morgan fingerprint density at radius 2 is 1.81 bits per heavy atom. The minimum absolute atomic E-state index is 0.382. The van der Waals surface area contributed by atoms with Crippen molar-refractivity contribution in [2.24, 2.45) is 0 Å². The number of sulfonamides is 1. The number of halogens is 3. The van der Waals surface area contributed by atoms with Crippen molar-refractivity contribution in [1.82, 2.24) is 4.72 Å². The molecule has 0 saturated carbocycles. The first-order valence-corrected chi connectivity index (χ1v) is 7.89. The Morgan fingerprint density at radius 1 is 1.14 bits per heavy atom. The monoisotopic (exact) mass is 331 g/mol. The molecule has 3 nitrogen and oxygen atoms in total. The second-order valence-corrected chi connectivity index (χ2v) is 6.53. The predicted octanol–water partition coefficient (Wildman–Crippen LogP) is 3.66. The zero-order valence-corrected chi connectivity index (χ0v) is 12.5. The third-order valence-electron chi connectivity index (χ3n) is 2.89. The molecule has 0 saturated heterocycles. The average Bonchev–Trinajstić information content (AvgIpc) is 2.41. The zero-order valence-electron chi connectivity index (χ0n) is 11.0.